The lowest BCUT2D eigenvalue weighted by molar-refractivity contribution is -0.108. The third-order valence-electron chi connectivity index (χ3n) is 4.61. The van der Waals surface area contributed by atoms with Gasteiger partial charge < -0.3 is 15.0 Å². The first-order chi connectivity index (χ1) is 13.0. The summed E-state index contributed by atoms with van der Waals surface area (Å²) in [6, 6.07) is 5.64. The number of ether oxygens (including phenoxy) is 1. The zero-order chi connectivity index (χ0) is 19.4. The molecule has 1 aliphatic heterocycles. The largest absolute Gasteiger partial charge is 0.381 e. The molecular weight excluding hydrogens is 366 g/mol. The van der Waals surface area contributed by atoms with Crippen molar-refractivity contribution in [3.63, 3.8) is 0 Å². The van der Waals surface area contributed by atoms with Gasteiger partial charge in [-0.05, 0) is 43.5 Å². The Kier molecular flexibility index (Phi) is 6.13. The van der Waals surface area contributed by atoms with E-state index in [1.807, 2.05) is 44.1 Å². The van der Waals surface area contributed by atoms with Gasteiger partial charge in [-0.2, -0.15) is 4.98 Å². The molecule has 7 nitrogen and oxygen atoms in total. The van der Waals surface area contributed by atoms with E-state index in [0.29, 0.717) is 30.0 Å². The third-order valence-corrected chi connectivity index (χ3v) is 4.84. The number of amides is 1. The fourth-order valence-electron chi connectivity index (χ4n) is 3.09. The molecule has 1 N–H and O–H groups in total. The Morgan fingerprint density at radius 2 is 2.04 bits per heavy atom. The van der Waals surface area contributed by atoms with Gasteiger partial charge in [0.1, 0.15) is 0 Å². The van der Waals surface area contributed by atoms with Gasteiger partial charge in [0.25, 0.3) is 0 Å². The lowest BCUT2D eigenvalue weighted by atomic mass is 10.1. The number of carbonyl (C=O) groups is 1. The second kappa shape index (κ2) is 8.54. The van der Waals surface area contributed by atoms with Crippen LogP contribution in [0.2, 0.25) is 5.02 Å². The Labute approximate surface area is 164 Å². The summed E-state index contributed by atoms with van der Waals surface area (Å²) in [6.07, 6.45) is 4.15. The molecule has 0 atom stereocenters. The topological polar surface area (TPSA) is 70.6 Å². The molecule has 0 aliphatic carbocycles. The fraction of sp³-hybridized carbons (Fsp3) is 0.421. The number of nitrogens with one attached hydrogen (secondary N) is 1. The van der Waals surface area contributed by atoms with Crippen LogP contribution in [0.25, 0.3) is 0 Å². The average molecular weight is 390 g/mol. The Morgan fingerprint density at radius 3 is 2.67 bits per heavy atom. The summed E-state index contributed by atoms with van der Waals surface area (Å²) in [6.45, 7) is 3.25. The van der Waals surface area contributed by atoms with Crippen molar-refractivity contribution in [2.24, 2.45) is 0 Å². The summed E-state index contributed by atoms with van der Waals surface area (Å²) < 4.78 is 5.42. The lowest BCUT2D eigenvalue weighted by Gasteiger charge is -2.32. The molecule has 1 saturated heterocycles. The van der Waals surface area contributed by atoms with E-state index in [2.05, 4.69) is 15.3 Å². The first-order valence-electron chi connectivity index (χ1n) is 8.88. The first-order valence-corrected chi connectivity index (χ1v) is 9.26. The monoisotopic (exact) mass is 389 g/mol. The molecule has 3 rings (SSSR count). The van der Waals surface area contributed by atoms with E-state index in [1.54, 1.807) is 11.1 Å². The second-order valence-corrected chi connectivity index (χ2v) is 7.17. The number of halogens is 1. The van der Waals surface area contributed by atoms with Gasteiger partial charge in [0.05, 0.1) is 11.9 Å². The van der Waals surface area contributed by atoms with Crippen LogP contribution < -0.4 is 15.1 Å². The van der Waals surface area contributed by atoms with Gasteiger partial charge >= 0.3 is 0 Å². The fourth-order valence-corrected chi connectivity index (χ4v) is 3.32. The molecular formula is C19H24ClN5O2. The van der Waals surface area contributed by atoms with Crippen LogP contribution in [0, 0.1) is 6.92 Å². The van der Waals surface area contributed by atoms with Gasteiger partial charge in [-0.1, -0.05) is 11.6 Å². The van der Waals surface area contributed by atoms with E-state index in [0.717, 1.165) is 36.2 Å². The van der Waals surface area contributed by atoms with Gasteiger partial charge in [0.2, 0.25) is 12.4 Å². The SMILES string of the molecule is Cc1cc(Cl)ccc1Nc1ncc(N(C)C)c(N(C=O)C2CCOCC2)n1. The molecule has 1 aromatic heterocycles. The van der Waals surface area contributed by atoms with E-state index in [1.165, 1.54) is 0 Å². The van der Waals surface area contributed by atoms with Crippen LogP contribution >= 0.6 is 11.6 Å². The molecule has 2 heterocycles. The van der Waals surface area contributed by atoms with Crippen LogP contribution in [0.5, 0.6) is 0 Å². The minimum Gasteiger partial charge on any atom is -0.381 e. The summed E-state index contributed by atoms with van der Waals surface area (Å²) in [5.41, 5.74) is 2.64. The van der Waals surface area contributed by atoms with Gasteiger partial charge in [0.15, 0.2) is 5.82 Å². The maximum Gasteiger partial charge on any atom is 0.229 e. The van der Waals surface area contributed by atoms with E-state index in [4.69, 9.17) is 16.3 Å². The molecule has 1 amide bonds. The Balaban J connectivity index is 1.95. The van der Waals surface area contributed by atoms with Gasteiger partial charge in [0, 0.05) is 44.1 Å². The third kappa shape index (κ3) is 4.48. The van der Waals surface area contributed by atoms with E-state index < -0.39 is 0 Å². The van der Waals surface area contributed by atoms with Crippen LogP contribution in [0.15, 0.2) is 24.4 Å². The van der Waals surface area contributed by atoms with Gasteiger partial charge in [-0.15, -0.1) is 0 Å². The highest BCUT2D eigenvalue weighted by Crippen LogP contribution is 2.30. The maximum atomic E-state index is 11.9. The van der Waals surface area contributed by atoms with E-state index in [-0.39, 0.29) is 6.04 Å². The van der Waals surface area contributed by atoms with Gasteiger partial charge in [-0.25, -0.2) is 4.98 Å². The zero-order valence-corrected chi connectivity index (χ0v) is 16.5. The number of anilines is 4. The summed E-state index contributed by atoms with van der Waals surface area (Å²) in [7, 11) is 3.82. The lowest BCUT2D eigenvalue weighted by Crippen LogP contribution is -2.40. The number of rotatable bonds is 6. The minimum atomic E-state index is 0.0648. The Hall–Kier alpha value is -2.38. The molecule has 0 spiro atoms. The molecule has 0 saturated carbocycles. The van der Waals surface area contributed by atoms with Crippen molar-refractivity contribution >= 4 is 41.2 Å². The number of aryl methyl sites for hydroxylation is 1. The van der Waals surface area contributed by atoms with Crippen molar-refractivity contribution in [1.82, 2.24) is 9.97 Å². The van der Waals surface area contributed by atoms with Crippen molar-refractivity contribution < 1.29 is 9.53 Å². The Morgan fingerprint density at radius 1 is 1.30 bits per heavy atom. The molecule has 2 aromatic rings. The van der Waals surface area contributed by atoms with Crippen LogP contribution in [0.4, 0.5) is 23.1 Å². The van der Waals surface area contributed by atoms with E-state index >= 15 is 0 Å². The maximum absolute atomic E-state index is 11.9. The highest BCUT2D eigenvalue weighted by atomic mass is 35.5. The van der Waals surface area contributed by atoms with Crippen LogP contribution in [0.3, 0.4) is 0 Å². The molecule has 0 bridgehead atoms. The predicted molar refractivity (Wildman–Crippen MR) is 108 cm³/mol. The quantitative estimate of drug-likeness (QED) is 0.763. The van der Waals surface area contributed by atoms with Crippen molar-refractivity contribution in [1.29, 1.82) is 0 Å². The summed E-state index contributed by atoms with van der Waals surface area (Å²) in [5, 5.41) is 3.90. The highest BCUT2D eigenvalue weighted by molar-refractivity contribution is 6.30. The predicted octanol–water partition coefficient (Wildman–Crippen LogP) is 3.39. The van der Waals surface area contributed by atoms with Crippen molar-refractivity contribution in [3.8, 4) is 0 Å². The summed E-state index contributed by atoms with van der Waals surface area (Å²) in [4.78, 5) is 24.6. The van der Waals surface area contributed by atoms with E-state index in [9.17, 15) is 4.79 Å². The van der Waals surface area contributed by atoms with Crippen molar-refractivity contribution in [2.75, 3.05) is 42.4 Å². The molecule has 0 radical (unpaired) electrons. The minimum absolute atomic E-state index is 0.0648. The number of nitrogens with zero attached hydrogens (tertiary/aromatic N) is 4. The van der Waals surface area contributed by atoms with Crippen molar-refractivity contribution in [2.45, 2.75) is 25.8 Å². The van der Waals surface area contributed by atoms with Crippen molar-refractivity contribution in [3.05, 3.63) is 35.0 Å². The van der Waals surface area contributed by atoms with Gasteiger partial charge in [-0.3, -0.25) is 9.69 Å². The molecule has 0 unspecified atom stereocenters. The summed E-state index contributed by atoms with van der Waals surface area (Å²) in [5.74, 6) is 1.02. The standard InChI is InChI=1S/C19H24ClN5O2/c1-13-10-14(20)4-5-16(13)22-19-21-11-17(24(2)3)18(23-19)25(12-26)15-6-8-27-9-7-15/h4-5,10-12,15H,6-9H2,1-3H3,(H,21,22,23). The molecule has 1 fully saturated rings. The number of hydrogen-bond donors (Lipinski definition) is 1. The zero-order valence-electron chi connectivity index (χ0n) is 15.8. The Bertz CT molecular complexity index is 809. The molecule has 1 aromatic carbocycles. The molecule has 1 aliphatic rings. The van der Waals surface area contributed by atoms with Crippen LogP contribution in [0.1, 0.15) is 18.4 Å². The molecule has 8 heteroatoms. The normalized spacial score (nSPS) is 14.7. The number of benzene rings is 1. The number of aromatic nitrogens is 2. The summed E-state index contributed by atoms with van der Waals surface area (Å²) >= 11 is 6.03. The van der Waals surface area contributed by atoms with Crippen LogP contribution in [-0.2, 0) is 9.53 Å². The number of hydrogen-bond acceptors (Lipinski definition) is 6. The average Bonchev–Trinajstić information content (AvgIpc) is 2.65. The molecule has 144 valence electrons. The van der Waals surface area contributed by atoms with Crippen LogP contribution in [-0.4, -0.2) is 49.7 Å². The first kappa shape index (κ1) is 19.4. The number of carbonyl (C=O) groups excluding carboxylic acids is 1. The second-order valence-electron chi connectivity index (χ2n) is 6.74. The highest BCUT2D eigenvalue weighted by Gasteiger charge is 2.26. The smallest absolute Gasteiger partial charge is 0.229 e. The molecule has 27 heavy (non-hydrogen) atoms.